The van der Waals surface area contributed by atoms with Gasteiger partial charge in [0.15, 0.2) is 0 Å². The SMILES string of the molecule is COCC1(OP(=O)(O)O)N=NC=C1C(N)=O. The molecule has 0 saturated heterocycles. The van der Waals surface area contributed by atoms with Crippen LogP contribution in [-0.4, -0.2) is 35.1 Å². The van der Waals surface area contributed by atoms with Crippen molar-refractivity contribution in [2.75, 3.05) is 13.7 Å². The van der Waals surface area contributed by atoms with E-state index in [1.54, 1.807) is 0 Å². The summed E-state index contributed by atoms with van der Waals surface area (Å²) in [6.07, 6.45) is 0.969. The molecule has 0 bridgehead atoms. The molecule has 1 amide bonds. The minimum absolute atomic E-state index is 0.280. The Morgan fingerprint density at radius 1 is 1.69 bits per heavy atom. The lowest BCUT2D eigenvalue weighted by Gasteiger charge is -2.25. The van der Waals surface area contributed by atoms with E-state index >= 15 is 0 Å². The quantitative estimate of drug-likeness (QED) is 0.549. The summed E-state index contributed by atoms with van der Waals surface area (Å²) in [5, 5.41) is 6.79. The third-order valence-corrected chi connectivity index (χ3v) is 2.24. The third-order valence-electron chi connectivity index (χ3n) is 1.70. The lowest BCUT2D eigenvalue weighted by atomic mass is 10.1. The van der Waals surface area contributed by atoms with Crippen LogP contribution in [0.3, 0.4) is 0 Å². The smallest absolute Gasteiger partial charge is 0.379 e. The minimum atomic E-state index is -4.87. The maximum absolute atomic E-state index is 11.0. The van der Waals surface area contributed by atoms with Gasteiger partial charge in [-0.15, -0.1) is 5.11 Å². The number of phosphoric ester groups is 1. The first-order valence-corrected chi connectivity index (χ1v) is 5.51. The van der Waals surface area contributed by atoms with Crippen molar-refractivity contribution in [3.05, 3.63) is 11.8 Å². The van der Waals surface area contributed by atoms with Gasteiger partial charge in [0.05, 0.1) is 11.8 Å². The number of methoxy groups -OCH3 is 1. The van der Waals surface area contributed by atoms with Crippen molar-refractivity contribution < 1.29 is 28.4 Å². The normalized spacial score (nSPS) is 24.6. The van der Waals surface area contributed by atoms with Crippen LogP contribution in [0.15, 0.2) is 22.0 Å². The molecule has 0 spiro atoms. The summed E-state index contributed by atoms with van der Waals surface area (Å²) in [5.41, 5.74) is 2.75. The zero-order valence-corrected chi connectivity index (χ0v) is 9.13. The van der Waals surface area contributed by atoms with Crippen molar-refractivity contribution in [1.82, 2.24) is 0 Å². The Bertz CT molecular complexity index is 401. The molecule has 9 nitrogen and oxygen atoms in total. The van der Waals surface area contributed by atoms with Gasteiger partial charge in [0, 0.05) is 7.11 Å². The Balaban J connectivity index is 3.07. The highest BCUT2D eigenvalue weighted by Crippen LogP contribution is 2.46. The number of amides is 1. The predicted octanol–water partition coefficient (Wildman–Crippen LogP) is -0.727. The summed E-state index contributed by atoms with van der Waals surface area (Å²) in [5.74, 6) is -0.949. The Morgan fingerprint density at radius 2 is 2.31 bits per heavy atom. The highest BCUT2D eigenvalue weighted by Gasteiger charge is 2.47. The molecule has 10 heteroatoms. The molecular weight excluding hydrogens is 241 g/mol. The van der Waals surface area contributed by atoms with Gasteiger partial charge in [-0.25, -0.2) is 9.09 Å². The second-order valence-corrected chi connectivity index (χ2v) is 4.09. The fourth-order valence-corrected chi connectivity index (χ4v) is 1.76. The van der Waals surface area contributed by atoms with Crippen molar-refractivity contribution in [3.63, 3.8) is 0 Å². The molecule has 0 aromatic rings. The molecule has 1 unspecified atom stereocenters. The van der Waals surface area contributed by atoms with E-state index in [0.29, 0.717) is 0 Å². The molecule has 1 aliphatic heterocycles. The molecule has 0 aromatic carbocycles. The van der Waals surface area contributed by atoms with Crippen molar-refractivity contribution in [2.24, 2.45) is 16.0 Å². The lowest BCUT2D eigenvalue weighted by Crippen LogP contribution is -2.40. The highest BCUT2D eigenvalue weighted by molar-refractivity contribution is 7.46. The van der Waals surface area contributed by atoms with E-state index in [2.05, 4.69) is 19.5 Å². The monoisotopic (exact) mass is 251 g/mol. The summed E-state index contributed by atoms with van der Waals surface area (Å²) in [6, 6.07) is 0. The highest BCUT2D eigenvalue weighted by atomic mass is 31.2. The van der Waals surface area contributed by atoms with E-state index in [4.69, 9.17) is 15.5 Å². The molecule has 1 rings (SSSR count). The van der Waals surface area contributed by atoms with Crippen molar-refractivity contribution >= 4 is 13.7 Å². The van der Waals surface area contributed by atoms with Crippen molar-refractivity contribution in [3.8, 4) is 0 Å². The maximum atomic E-state index is 11.0. The number of azo groups is 1. The molecule has 16 heavy (non-hydrogen) atoms. The summed E-state index contributed by atoms with van der Waals surface area (Å²) in [6.45, 7) is -0.392. The van der Waals surface area contributed by atoms with Crippen LogP contribution in [-0.2, 0) is 18.6 Å². The third kappa shape index (κ3) is 2.71. The number of ether oxygens (including phenoxy) is 1. The zero-order chi connectivity index (χ0) is 12.4. The number of nitrogens with zero attached hydrogens (tertiary/aromatic N) is 2. The fraction of sp³-hybridized carbons (Fsp3) is 0.500. The number of nitrogens with two attached hydrogens (primary N) is 1. The number of hydrogen-bond acceptors (Lipinski definition) is 6. The van der Waals surface area contributed by atoms with Crippen LogP contribution in [0.2, 0.25) is 0 Å². The summed E-state index contributed by atoms with van der Waals surface area (Å²) < 4.78 is 19.9. The van der Waals surface area contributed by atoms with E-state index in [-0.39, 0.29) is 5.57 Å². The number of primary amides is 1. The minimum Gasteiger partial charge on any atom is -0.379 e. The van der Waals surface area contributed by atoms with Crippen molar-refractivity contribution in [1.29, 1.82) is 0 Å². The topological polar surface area (TPSA) is 144 Å². The molecule has 4 N–H and O–H groups in total. The Kier molecular flexibility index (Phi) is 3.56. The molecule has 0 fully saturated rings. The van der Waals surface area contributed by atoms with E-state index in [1.165, 1.54) is 7.11 Å². The van der Waals surface area contributed by atoms with Crippen LogP contribution in [0, 0.1) is 0 Å². The first-order valence-electron chi connectivity index (χ1n) is 3.98. The van der Waals surface area contributed by atoms with Crippen LogP contribution in [0.5, 0.6) is 0 Å². The van der Waals surface area contributed by atoms with Gasteiger partial charge < -0.3 is 20.3 Å². The summed E-state index contributed by atoms with van der Waals surface area (Å²) in [7, 11) is -3.62. The van der Waals surface area contributed by atoms with Gasteiger partial charge in [-0.3, -0.25) is 4.79 Å². The summed E-state index contributed by atoms with van der Waals surface area (Å²) in [4.78, 5) is 28.5. The number of carbonyl (C=O) groups excluding carboxylic acids is 1. The number of hydrogen-bond donors (Lipinski definition) is 3. The molecule has 0 saturated carbocycles. The van der Waals surface area contributed by atoms with E-state index in [0.717, 1.165) is 6.20 Å². The lowest BCUT2D eigenvalue weighted by molar-refractivity contribution is -0.117. The Morgan fingerprint density at radius 3 is 2.75 bits per heavy atom. The predicted molar refractivity (Wildman–Crippen MR) is 49.9 cm³/mol. The van der Waals surface area contributed by atoms with Gasteiger partial charge in [0.25, 0.3) is 5.91 Å². The van der Waals surface area contributed by atoms with E-state index < -0.39 is 26.1 Å². The first-order chi connectivity index (χ1) is 7.31. The van der Waals surface area contributed by atoms with Crippen LogP contribution in [0.25, 0.3) is 0 Å². The van der Waals surface area contributed by atoms with E-state index in [9.17, 15) is 9.36 Å². The molecule has 90 valence electrons. The fourth-order valence-electron chi connectivity index (χ4n) is 1.18. The second kappa shape index (κ2) is 4.40. The maximum Gasteiger partial charge on any atom is 0.472 e. The molecular formula is C6H10N3O6P. The zero-order valence-electron chi connectivity index (χ0n) is 8.23. The Hall–Kier alpha value is -1.12. The molecule has 1 atom stereocenters. The molecule has 0 aliphatic carbocycles. The van der Waals surface area contributed by atoms with E-state index in [1.807, 2.05) is 0 Å². The molecule has 1 heterocycles. The average molecular weight is 251 g/mol. The largest absolute Gasteiger partial charge is 0.472 e. The van der Waals surface area contributed by atoms with Crippen LogP contribution in [0.1, 0.15) is 0 Å². The van der Waals surface area contributed by atoms with Gasteiger partial charge >= 0.3 is 7.82 Å². The number of rotatable bonds is 5. The molecule has 1 aliphatic rings. The van der Waals surface area contributed by atoms with Crippen LogP contribution in [0.4, 0.5) is 0 Å². The first kappa shape index (κ1) is 12.9. The number of carbonyl (C=O) groups is 1. The number of phosphoric acid groups is 1. The van der Waals surface area contributed by atoms with Gasteiger partial charge in [-0.2, -0.15) is 5.11 Å². The van der Waals surface area contributed by atoms with Crippen molar-refractivity contribution in [2.45, 2.75) is 5.72 Å². The Labute approximate surface area is 90.2 Å². The average Bonchev–Trinajstić information content (AvgIpc) is 2.45. The standard InChI is InChI=1S/C6H10N3O6P/c1-14-3-6(15-16(11,12)13)4(5(7)10)2-8-9-6/h2H,3H2,1H3,(H2,7,10)(H2,11,12,13). The van der Waals surface area contributed by atoms with Gasteiger partial charge in [0.1, 0.15) is 6.61 Å². The molecule has 0 aromatic heterocycles. The van der Waals surface area contributed by atoms with Crippen LogP contribution < -0.4 is 5.73 Å². The van der Waals surface area contributed by atoms with Gasteiger partial charge in [-0.05, 0) is 0 Å². The molecule has 0 radical (unpaired) electrons. The second-order valence-electron chi connectivity index (χ2n) is 2.92. The van der Waals surface area contributed by atoms with Gasteiger partial charge in [-0.1, -0.05) is 0 Å². The summed E-state index contributed by atoms with van der Waals surface area (Å²) >= 11 is 0. The van der Waals surface area contributed by atoms with Crippen LogP contribution >= 0.6 is 7.82 Å². The van der Waals surface area contributed by atoms with Gasteiger partial charge in [0.2, 0.25) is 5.72 Å².